The maximum atomic E-state index is 15.4. The summed E-state index contributed by atoms with van der Waals surface area (Å²) >= 11 is 1.42. The number of fused-ring (bicyclic) bond motifs is 1. The zero-order valence-corrected chi connectivity index (χ0v) is 20.8. The number of thiophene rings is 1. The van der Waals surface area contributed by atoms with Crippen LogP contribution in [0.5, 0.6) is 0 Å². The van der Waals surface area contributed by atoms with Gasteiger partial charge in [-0.25, -0.2) is 12.8 Å². The minimum absolute atomic E-state index is 0.0138. The lowest BCUT2D eigenvalue weighted by atomic mass is 10.1. The molecule has 2 heterocycles. The van der Waals surface area contributed by atoms with Crippen molar-refractivity contribution >= 4 is 60.1 Å². The van der Waals surface area contributed by atoms with Gasteiger partial charge >= 0.3 is 0 Å². The van der Waals surface area contributed by atoms with Crippen molar-refractivity contribution < 1.29 is 22.4 Å². The number of nitrogens with one attached hydrogen (secondary N) is 3. The molecule has 0 saturated carbocycles. The lowest BCUT2D eigenvalue weighted by Gasteiger charge is -2.26. The van der Waals surface area contributed by atoms with E-state index in [0.29, 0.717) is 11.3 Å². The zero-order chi connectivity index (χ0) is 25.4. The van der Waals surface area contributed by atoms with E-state index in [2.05, 4.69) is 16.0 Å². The molecule has 5 rings (SSSR count). The molecular formula is C26H22FN3O4S2. The van der Waals surface area contributed by atoms with Crippen LogP contribution in [0.3, 0.4) is 0 Å². The van der Waals surface area contributed by atoms with E-state index in [1.807, 2.05) is 43.3 Å². The normalized spacial score (nSPS) is 14.7. The molecular weight excluding hydrogens is 501 g/mol. The SMILES string of the molecule is Cc1ccccc1Nc1c(F)cc(C(=O)NC2CS(=O)(=O)C2)cc1NC(=O)c1csc2ccccc12. The maximum absolute atomic E-state index is 15.4. The molecule has 3 N–H and O–H groups in total. The fraction of sp³-hybridized carbons (Fsp3) is 0.154. The Balaban J connectivity index is 1.50. The lowest BCUT2D eigenvalue weighted by Crippen LogP contribution is -2.52. The summed E-state index contributed by atoms with van der Waals surface area (Å²) in [6.07, 6.45) is 0. The van der Waals surface area contributed by atoms with Crippen molar-refractivity contribution in [2.75, 3.05) is 22.1 Å². The maximum Gasteiger partial charge on any atom is 0.257 e. The summed E-state index contributed by atoms with van der Waals surface area (Å²) in [5.74, 6) is -2.10. The number of benzene rings is 3. The van der Waals surface area contributed by atoms with Gasteiger partial charge < -0.3 is 16.0 Å². The van der Waals surface area contributed by atoms with Gasteiger partial charge in [0, 0.05) is 26.7 Å². The second-order valence-electron chi connectivity index (χ2n) is 8.67. The molecule has 36 heavy (non-hydrogen) atoms. The topological polar surface area (TPSA) is 104 Å². The molecule has 0 radical (unpaired) electrons. The van der Waals surface area contributed by atoms with Gasteiger partial charge in [-0.15, -0.1) is 11.3 Å². The van der Waals surface area contributed by atoms with Crippen LogP contribution in [0.4, 0.5) is 21.5 Å². The summed E-state index contributed by atoms with van der Waals surface area (Å²) in [7, 11) is -3.13. The van der Waals surface area contributed by atoms with Crippen LogP contribution < -0.4 is 16.0 Å². The summed E-state index contributed by atoms with van der Waals surface area (Å²) in [6.45, 7) is 1.87. The highest BCUT2D eigenvalue weighted by molar-refractivity contribution is 7.92. The van der Waals surface area contributed by atoms with E-state index in [1.165, 1.54) is 17.4 Å². The number of amides is 2. The standard InChI is InChI=1S/C26H22FN3O4S2/c1-15-6-2-4-8-21(15)29-24-20(27)10-16(25(31)28-17-13-36(33,34)14-17)11-22(24)30-26(32)19-12-35-23-9-5-3-7-18(19)23/h2-12,17,29H,13-14H2,1H3,(H,28,31)(H,30,32). The summed E-state index contributed by atoms with van der Waals surface area (Å²) in [5.41, 5.74) is 2.02. The highest BCUT2D eigenvalue weighted by Crippen LogP contribution is 2.33. The summed E-state index contributed by atoms with van der Waals surface area (Å²) in [5, 5.41) is 10.9. The summed E-state index contributed by atoms with van der Waals surface area (Å²) in [4.78, 5) is 26.0. The van der Waals surface area contributed by atoms with Crippen molar-refractivity contribution in [1.82, 2.24) is 5.32 Å². The van der Waals surface area contributed by atoms with Crippen molar-refractivity contribution in [2.24, 2.45) is 0 Å². The number of hydrogen-bond donors (Lipinski definition) is 3. The Hall–Kier alpha value is -3.76. The number of anilines is 3. The Kier molecular flexibility index (Phi) is 6.23. The van der Waals surface area contributed by atoms with Crippen LogP contribution in [0.15, 0.2) is 66.0 Å². The van der Waals surface area contributed by atoms with Gasteiger partial charge in [-0.05, 0) is 36.8 Å². The molecule has 1 fully saturated rings. The van der Waals surface area contributed by atoms with E-state index in [-0.39, 0.29) is 28.4 Å². The largest absolute Gasteiger partial charge is 0.351 e. The highest BCUT2D eigenvalue weighted by atomic mass is 32.2. The Labute approximate surface area is 211 Å². The van der Waals surface area contributed by atoms with Crippen molar-refractivity contribution in [1.29, 1.82) is 0 Å². The van der Waals surface area contributed by atoms with Gasteiger partial charge in [-0.1, -0.05) is 36.4 Å². The van der Waals surface area contributed by atoms with Crippen molar-refractivity contribution in [3.05, 3.63) is 88.6 Å². The number of carbonyl (C=O) groups is 2. The number of aryl methyl sites for hydroxylation is 1. The Bertz CT molecular complexity index is 1600. The van der Waals surface area contributed by atoms with Gasteiger partial charge in [0.1, 0.15) is 5.82 Å². The van der Waals surface area contributed by atoms with Crippen LogP contribution in [0.2, 0.25) is 0 Å². The quantitative estimate of drug-likeness (QED) is 0.335. The molecule has 1 saturated heterocycles. The predicted molar refractivity (Wildman–Crippen MR) is 141 cm³/mol. The Morgan fingerprint density at radius 3 is 2.44 bits per heavy atom. The number of sulfone groups is 1. The minimum atomic E-state index is -3.13. The van der Waals surface area contributed by atoms with Gasteiger partial charge in [-0.3, -0.25) is 9.59 Å². The molecule has 0 atom stereocenters. The fourth-order valence-electron chi connectivity index (χ4n) is 4.07. The number of hydrogen-bond acceptors (Lipinski definition) is 6. The molecule has 1 aliphatic rings. The van der Waals surface area contributed by atoms with Crippen LogP contribution in [0, 0.1) is 12.7 Å². The number of halogens is 1. The monoisotopic (exact) mass is 523 g/mol. The highest BCUT2D eigenvalue weighted by Gasteiger charge is 2.34. The molecule has 7 nitrogen and oxygen atoms in total. The van der Waals surface area contributed by atoms with E-state index >= 15 is 4.39 Å². The first-order valence-electron chi connectivity index (χ1n) is 11.2. The molecule has 4 aromatic rings. The van der Waals surface area contributed by atoms with Crippen LogP contribution >= 0.6 is 11.3 Å². The number of rotatable bonds is 6. The van der Waals surface area contributed by atoms with E-state index in [9.17, 15) is 18.0 Å². The number of carbonyl (C=O) groups excluding carboxylic acids is 2. The molecule has 0 aliphatic carbocycles. The Morgan fingerprint density at radius 2 is 1.69 bits per heavy atom. The third-order valence-corrected chi connectivity index (χ3v) is 8.76. The van der Waals surface area contributed by atoms with Gasteiger partial charge in [0.15, 0.2) is 9.84 Å². The molecule has 3 aromatic carbocycles. The lowest BCUT2D eigenvalue weighted by molar-refractivity contribution is 0.0940. The summed E-state index contributed by atoms with van der Waals surface area (Å²) < 4.78 is 39.2. The van der Waals surface area contributed by atoms with Gasteiger partial charge in [0.25, 0.3) is 11.8 Å². The van der Waals surface area contributed by atoms with Crippen molar-refractivity contribution in [2.45, 2.75) is 13.0 Å². The third-order valence-electron chi connectivity index (χ3n) is 5.98. The first-order chi connectivity index (χ1) is 17.2. The van der Waals surface area contributed by atoms with E-state index in [1.54, 1.807) is 17.5 Å². The smallest absolute Gasteiger partial charge is 0.257 e. The molecule has 1 aliphatic heterocycles. The van der Waals surface area contributed by atoms with Crippen LogP contribution in [-0.2, 0) is 9.84 Å². The molecule has 10 heteroatoms. The predicted octanol–water partition coefficient (Wildman–Crippen LogP) is 4.87. The van der Waals surface area contributed by atoms with E-state index in [4.69, 9.17) is 0 Å². The average Bonchev–Trinajstić information content (AvgIpc) is 3.25. The first kappa shape index (κ1) is 24.0. The second kappa shape index (κ2) is 9.36. The van der Waals surface area contributed by atoms with Gasteiger partial charge in [0.05, 0.1) is 34.5 Å². The van der Waals surface area contributed by atoms with Gasteiger partial charge in [-0.2, -0.15) is 0 Å². The molecule has 0 bridgehead atoms. The molecule has 184 valence electrons. The Morgan fingerprint density at radius 1 is 0.972 bits per heavy atom. The van der Waals surface area contributed by atoms with Crippen LogP contribution in [0.25, 0.3) is 10.1 Å². The van der Waals surface area contributed by atoms with E-state index in [0.717, 1.165) is 21.7 Å². The number of para-hydroxylation sites is 1. The van der Waals surface area contributed by atoms with Crippen LogP contribution in [-0.4, -0.2) is 37.8 Å². The molecule has 1 aromatic heterocycles. The second-order valence-corrected chi connectivity index (χ2v) is 11.7. The average molecular weight is 524 g/mol. The van der Waals surface area contributed by atoms with Crippen molar-refractivity contribution in [3.63, 3.8) is 0 Å². The first-order valence-corrected chi connectivity index (χ1v) is 13.9. The van der Waals surface area contributed by atoms with E-state index < -0.39 is 33.5 Å². The van der Waals surface area contributed by atoms with Crippen LogP contribution in [0.1, 0.15) is 26.3 Å². The third kappa shape index (κ3) is 4.82. The molecule has 0 unspecified atom stereocenters. The minimum Gasteiger partial charge on any atom is -0.351 e. The zero-order valence-electron chi connectivity index (χ0n) is 19.2. The molecule has 2 amide bonds. The van der Waals surface area contributed by atoms with Gasteiger partial charge in [0.2, 0.25) is 0 Å². The van der Waals surface area contributed by atoms with Crippen molar-refractivity contribution in [3.8, 4) is 0 Å². The summed E-state index contributed by atoms with van der Waals surface area (Å²) in [6, 6.07) is 16.7. The molecule has 0 spiro atoms. The fourth-order valence-corrected chi connectivity index (χ4v) is 6.31.